The van der Waals surface area contributed by atoms with Crippen molar-refractivity contribution in [1.82, 2.24) is 10.6 Å². The lowest BCUT2D eigenvalue weighted by Crippen LogP contribution is -2.33. The molecule has 5 nitrogen and oxygen atoms in total. The third kappa shape index (κ3) is 9.03. The summed E-state index contributed by atoms with van der Waals surface area (Å²) in [5, 5.41) is 5.85. The van der Waals surface area contributed by atoms with Crippen LogP contribution in [0.15, 0.2) is 0 Å². The van der Waals surface area contributed by atoms with E-state index in [1.165, 1.54) is 0 Å². The van der Waals surface area contributed by atoms with Crippen LogP contribution in [0.3, 0.4) is 0 Å². The van der Waals surface area contributed by atoms with Crippen molar-refractivity contribution in [1.29, 1.82) is 0 Å². The molecule has 1 rings (SSSR count). The van der Waals surface area contributed by atoms with Gasteiger partial charge in [0.2, 0.25) is 11.8 Å². The van der Waals surface area contributed by atoms with Gasteiger partial charge >= 0.3 is 0 Å². The summed E-state index contributed by atoms with van der Waals surface area (Å²) < 4.78 is 0. The number of carbonyl (C=O) groups is 3. The van der Waals surface area contributed by atoms with Crippen LogP contribution in [-0.4, -0.2) is 30.7 Å². The number of carbonyl (C=O) groups excluding carboxylic acids is 3. The minimum atomic E-state index is 0. The van der Waals surface area contributed by atoms with Gasteiger partial charge in [-0.25, -0.2) is 0 Å². The van der Waals surface area contributed by atoms with Gasteiger partial charge in [0.1, 0.15) is 5.78 Å². The second-order valence-electron chi connectivity index (χ2n) is 7.64. The molecular formula is C20H40N2O3. The van der Waals surface area contributed by atoms with Crippen molar-refractivity contribution in [3.8, 4) is 0 Å². The number of hydrogen-bond donors (Lipinski definition) is 2. The summed E-state index contributed by atoms with van der Waals surface area (Å²) in [6.07, 6.45) is 7.42. The lowest BCUT2D eigenvalue weighted by Gasteiger charge is -2.28. The van der Waals surface area contributed by atoms with Gasteiger partial charge in [-0.15, -0.1) is 0 Å². The van der Waals surface area contributed by atoms with E-state index >= 15 is 0 Å². The Kier molecular flexibility index (Phi) is 10.4. The molecule has 1 aliphatic carbocycles. The Labute approximate surface area is 155 Å². The molecule has 0 saturated heterocycles. The summed E-state index contributed by atoms with van der Waals surface area (Å²) in [6.45, 7) is 7.45. The molecule has 0 aromatic heterocycles. The highest BCUT2D eigenvalue weighted by molar-refractivity contribution is 5.82. The molecule has 5 heteroatoms. The highest BCUT2D eigenvalue weighted by Crippen LogP contribution is 2.30. The number of hydrogen-bond acceptors (Lipinski definition) is 3. The molecule has 148 valence electrons. The maximum absolute atomic E-state index is 12.0. The molecule has 0 atom stereocenters. The van der Waals surface area contributed by atoms with Crippen LogP contribution < -0.4 is 10.6 Å². The number of Topliss-reactive ketones (excluding diaryl/α,β-unsaturated/α-hetero) is 1. The van der Waals surface area contributed by atoms with E-state index < -0.39 is 0 Å². The van der Waals surface area contributed by atoms with E-state index in [0.717, 1.165) is 45.1 Å². The number of nitrogens with one attached hydrogen (secondary N) is 2. The summed E-state index contributed by atoms with van der Waals surface area (Å²) in [6, 6.07) is 0. The molecule has 2 amide bonds. The van der Waals surface area contributed by atoms with Gasteiger partial charge < -0.3 is 10.6 Å². The Balaban J connectivity index is 0. The van der Waals surface area contributed by atoms with E-state index in [1.807, 2.05) is 13.8 Å². The third-order valence-corrected chi connectivity index (χ3v) is 5.07. The Morgan fingerprint density at radius 3 is 2.12 bits per heavy atom. The average Bonchev–Trinajstić information content (AvgIpc) is 2.60. The molecule has 0 aromatic rings. The largest absolute Gasteiger partial charge is 0.356 e. The van der Waals surface area contributed by atoms with Gasteiger partial charge in [0.25, 0.3) is 0 Å². The maximum atomic E-state index is 12.0. The number of rotatable bonds is 11. The van der Waals surface area contributed by atoms with E-state index in [4.69, 9.17) is 0 Å². The molecule has 2 N–H and O–H groups in total. The summed E-state index contributed by atoms with van der Waals surface area (Å²) in [5.41, 5.74) is 0. The van der Waals surface area contributed by atoms with Crippen molar-refractivity contribution in [3.05, 3.63) is 0 Å². The SMILES string of the molecule is CCCCNC(=O)CCCC(=O)NCC1CCC(C(=O)C(C)C)CC1.[HH].[HH]. The molecule has 0 aromatic carbocycles. The summed E-state index contributed by atoms with van der Waals surface area (Å²) >= 11 is 0. The van der Waals surface area contributed by atoms with Crippen LogP contribution >= 0.6 is 0 Å². The van der Waals surface area contributed by atoms with Crippen LogP contribution in [0.4, 0.5) is 0 Å². The van der Waals surface area contributed by atoms with Crippen molar-refractivity contribution in [2.75, 3.05) is 13.1 Å². The van der Waals surface area contributed by atoms with Gasteiger partial charge in [-0.2, -0.15) is 0 Å². The van der Waals surface area contributed by atoms with Crippen molar-refractivity contribution in [2.24, 2.45) is 17.8 Å². The van der Waals surface area contributed by atoms with Gasteiger partial charge in [0.05, 0.1) is 0 Å². The number of ketones is 1. The van der Waals surface area contributed by atoms with Gasteiger partial charge in [-0.05, 0) is 44.4 Å². The monoisotopic (exact) mass is 356 g/mol. The minimum absolute atomic E-state index is 0. The molecule has 0 aliphatic heterocycles. The van der Waals surface area contributed by atoms with Crippen LogP contribution in [0.25, 0.3) is 0 Å². The summed E-state index contributed by atoms with van der Waals surface area (Å²) in [5.74, 6) is 1.28. The highest BCUT2D eigenvalue weighted by Gasteiger charge is 2.27. The normalized spacial score (nSPS) is 20.3. The maximum Gasteiger partial charge on any atom is 0.220 e. The summed E-state index contributed by atoms with van der Waals surface area (Å²) in [4.78, 5) is 35.5. The topological polar surface area (TPSA) is 75.3 Å². The molecule has 0 radical (unpaired) electrons. The van der Waals surface area contributed by atoms with E-state index in [-0.39, 0.29) is 26.5 Å². The van der Waals surface area contributed by atoms with Gasteiger partial charge in [0, 0.05) is 40.6 Å². The Bertz CT molecular complexity index is 437. The molecule has 0 spiro atoms. The Morgan fingerprint density at radius 1 is 0.960 bits per heavy atom. The lowest BCUT2D eigenvalue weighted by atomic mass is 9.78. The quantitative estimate of drug-likeness (QED) is 0.554. The van der Waals surface area contributed by atoms with E-state index in [2.05, 4.69) is 17.6 Å². The first-order valence-corrected chi connectivity index (χ1v) is 10.0. The highest BCUT2D eigenvalue weighted by atomic mass is 16.2. The Hall–Kier alpha value is -1.39. The zero-order valence-electron chi connectivity index (χ0n) is 16.2. The van der Waals surface area contributed by atoms with Crippen LogP contribution in [-0.2, 0) is 14.4 Å². The summed E-state index contributed by atoms with van der Waals surface area (Å²) in [7, 11) is 0. The molecule has 0 heterocycles. The van der Waals surface area contributed by atoms with Crippen LogP contribution in [0.2, 0.25) is 0 Å². The van der Waals surface area contributed by atoms with E-state index in [0.29, 0.717) is 37.5 Å². The van der Waals surface area contributed by atoms with Crippen molar-refractivity contribution < 1.29 is 17.2 Å². The molecular weight excluding hydrogens is 316 g/mol. The zero-order valence-corrected chi connectivity index (χ0v) is 16.2. The Morgan fingerprint density at radius 2 is 1.56 bits per heavy atom. The lowest BCUT2D eigenvalue weighted by molar-refractivity contribution is -0.127. The molecule has 1 saturated carbocycles. The first-order chi connectivity index (χ1) is 11.9. The molecule has 0 bridgehead atoms. The fourth-order valence-corrected chi connectivity index (χ4v) is 3.37. The first-order valence-electron chi connectivity index (χ1n) is 10.0. The van der Waals surface area contributed by atoms with Crippen molar-refractivity contribution in [2.45, 2.75) is 78.6 Å². The van der Waals surface area contributed by atoms with E-state index in [1.54, 1.807) is 0 Å². The zero-order chi connectivity index (χ0) is 18.7. The predicted molar refractivity (Wildman–Crippen MR) is 104 cm³/mol. The van der Waals surface area contributed by atoms with Crippen molar-refractivity contribution in [3.63, 3.8) is 0 Å². The molecule has 0 unspecified atom stereocenters. The third-order valence-electron chi connectivity index (χ3n) is 5.07. The molecule has 1 fully saturated rings. The van der Waals surface area contributed by atoms with Crippen LogP contribution in [0.5, 0.6) is 0 Å². The van der Waals surface area contributed by atoms with E-state index in [9.17, 15) is 14.4 Å². The minimum Gasteiger partial charge on any atom is -0.356 e. The number of amides is 2. The fourth-order valence-electron chi connectivity index (χ4n) is 3.37. The second kappa shape index (κ2) is 12.0. The smallest absolute Gasteiger partial charge is 0.220 e. The standard InChI is InChI=1S/C20H36N2O3.2H2/c1-4-5-13-21-18(23)7-6-8-19(24)22-14-16-9-11-17(12-10-16)20(25)15(2)3;;/h15-17H,4-14H2,1-3H3,(H,21,23)(H,22,24);2*1H. The molecule has 1 aliphatic rings. The van der Waals surface area contributed by atoms with Crippen LogP contribution in [0.1, 0.15) is 81.4 Å². The second-order valence-corrected chi connectivity index (χ2v) is 7.64. The van der Waals surface area contributed by atoms with Crippen molar-refractivity contribution >= 4 is 17.6 Å². The fraction of sp³-hybridized carbons (Fsp3) is 0.850. The van der Waals surface area contributed by atoms with Gasteiger partial charge in [-0.3, -0.25) is 14.4 Å². The average molecular weight is 357 g/mol. The van der Waals surface area contributed by atoms with Gasteiger partial charge in [0.15, 0.2) is 0 Å². The predicted octanol–water partition coefficient (Wildman–Crippen LogP) is 3.71. The molecule has 25 heavy (non-hydrogen) atoms. The number of unbranched alkanes of at least 4 members (excludes halogenated alkanes) is 1. The van der Waals surface area contributed by atoms with Gasteiger partial charge in [-0.1, -0.05) is 27.2 Å². The van der Waals surface area contributed by atoms with Crippen LogP contribution in [0, 0.1) is 17.8 Å². The first kappa shape index (κ1) is 21.7.